The molecular weight excluding hydrogens is 210 g/mol. The minimum Gasteiger partial charge on any atom is -0.385 e. The van der Waals surface area contributed by atoms with Crippen molar-refractivity contribution in [1.29, 1.82) is 0 Å². The fourth-order valence-electron chi connectivity index (χ4n) is 1.55. The number of piperazine rings is 1. The maximum atomic E-state index is 11.6. The third-order valence-electron chi connectivity index (χ3n) is 2.55. The van der Waals surface area contributed by atoms with E-state index < -0.39 is 0 Å². The molecule has 0 aliphatic carbocycles. The second-order valence-corrected chi connectivity index (χ2v) is 3.71. The summed E-state index contributed by atoms with van der Waals surface area (Å²) < 4.78 is 4.89. The van der Waals surface area contributed by atoms with Crippen molar-refractivity contribution >= 4 is 12.4 Å². The van der Waals surface area contributed by atoms with Crippen LogP contribution in [-0.4, -0.2) is 68.7 Å². The molecule has 0 bridgehead atoms. The van der Waals surface area contributed by atoms with Crippen LogP contribution >= 0.6 is 0 Å². The molecule has 0 aromatic heterocycles. The molecule has 6 nitrogen and oxygen atoms in total. The average Bonchev–Trinajstić information content (AvgIpc) is 2.34. The fourth-order valence-corrected chi connectivity index (χ4v) is 1.55. The van der Waals surface area contributed by atoms with Crippen LogP contribution in [0.5, 0.6) is 0 Å². The number of carbonyl (C=O) groups is 2. The number of amides is 3. The number of hydrogen-bond acceptors (Lipinski definition) is 3. The van der Waals surface area contributed by atoms with Crippen molar-refractivity contribution in [2.45, 2.75) is 6.42 Å². The van der Waals surface area contributed by atoms with Crippen LogP contribution in [0, 0.1) is 0 Å². The Kier molecular flexibility index (Phi) is 5.63. The Morgan fingerprint density at radius 2 is 2.06 bits per heavy atom. The lowest BCUT2D eigenvalue weighted by atomic mass is 10.3. The summed E-state index contributed by atoms with van der Waals surface area (Å²) in [5.74, 6) is 0. The third-order valence-corrected chi connectivity index (χ3v) is 2.55. The Hall–Kier alpha value is -1.30. The van der Waals surface area contributed by atoms with Crippen molar-refractivity contribution in [3.63, 3.8) is 0 Å². The number of nitrogens with one attached hydrogen (secondary N) is 1. The second-order valence-electron chi connectivity index (χ2n) is 3.71. The van der Waals surface area contributed by atoms with Gasteiger partial charge in [0.1, 0.15) is 0 Å². The number of carbonyl (C=O) groups excluding carboxylic acids is 2. The molecule has 0 aromatic rings. The molecular formula is C10H19N3O3. The monoisotopic (exact) mass is 229 g/mol. The van der Waals surface area contributed by atoms with Crippen LogP contribution < -0.4 is 5.32 Å². The zero-order chi connectivity index (χ0) is 11.8. The topological polar surface area (TPSA) is 61.9 Å². The molecule has 1 aliphatic heterocycles. The number of methoxy groups -OCH3 is 1. The summed E-state index contributed by atoms with van der Waals surface area (Å²) in [4.78, 5) is 25.5. The first-order valence-corrected chi connectivity index (χ1v) is 5.49. The summed E-state index contributed by atoms with van der Waals surface area (Å²) in [5, 5.41) is 2.82. The predicted octanol–water partition coefficient (Wildman–Crippen LogP) is -0.493. The Balaban J connectivity index is 2.15. The first-order chi connectivity index (χ1) is 7.77. The van der Waals surface area contributed by atoms with E-state index in [-0.39, 0.29) is 6.03 Å². The average molecular weight is 229 g/mol. The molecule has 1 N–H and O–H groups in total. The van der Waals surface area contributed by atoms with Gasteiger partial charge in [-0.2, -0.15) is 0 Å². The molecule has 0 unspecified atom stereocenters. The fraction of sp³-hybridized carbons (Fsp3) is 0.800. The van der Waals surface area contributed by atoms with Crippen LogP contribution in [0.1, 0.15) is 6.42 Å². The number of urea groups is 1. The number of rotatable bonds is 5. The van der Waals surface area contributed by atoms with Crippen LogP contribution in [0.15, 0.2) is 0 Å². The molecule has 92 valence electrons. The van der Waals surface area contributed by atoms with Crippen molar-refractivity contribution in [1.82, 2.24) is 15.1 Å². The summed E-state index contributed by atoms with van der Waals surface area (Å²) >= 11 is 0. The van der Waals surface area contributed by atoms with Gasteiger partial charge in [0, 0.05) is 46.4 Å². The van der Waals surface area contributed by atoms with Crippen LogP contribution in [0.25, 0.3) is 0 Å². The Morgan fingerprint density at radius 3 is 2.62 bits per heavy atom. The maximum Gasteiger partial charge on any atom is 0.317 e. The van der Waals surface area contributed by atoms with E-state index in [9.17, 15) is 9.59 Å². The van der Waals surface area contributed by atoms with Crippen LogP contribution in [0.2, 0.25) is 0 Å². The van der Waals surface area contributed by atoms with E-state index in [1.807, 2.05) is 0 Å². The molecule has 1 fully saturated rings. The standard InChI is InChI=1S/C10H19N3O3/c1-16-8-2-3-11-10(15)13-6-4-12(9-14)5-7-13/h9H,2-8H2,1H3,(H,11,15). The number of ether oxygens (including phenoxy) is 1. The molecule has 3 amide bonds. The van der Waals surface area contributed by atoms with Gasteiger partial charge in [0.15, 0.2) is 0 Å². The third kappa shape index (κ3) is 4.06. The van der Waals surface area contributed by atoms with E-state index in [1.54, 1.807) is 16.9 Å². The first kappa shape index (κ1) is 12.8. The summed E-state index contributed by atoms with van der Waals surface area (Å²) in [5.41, 5.74) is 0. The lowest BCUT2D eigenvalue weighted by Gasteiger charge is -2.32. The van der Waals surface area contributed by atoms with E-state index in [2.05, 4.69) is 5.32 Å². The van der Waals surface area contributed by atoms with Gasteiger partial charge in [-0.1, -0.05) is 0 Å². The normalized spacial score (nSPS) is 16.1. The summed E-state index contributed by atoms with van der Waals surface area (Å²) in [6, 6.07) is -0.0540. The van der Waals surface area contributed by atoms with Crippen molar-refractivity contribution in [2.24, 2.45) is 0 Å². The van der Waals surface area contributed by atoms with E-state index in [1.165, 1.54) is 0 Å². The van der Waals surface area contributed by atoms with Gasteiger partial charge < -0.3 is 19.9 Å². The van der Waals surface area contributed by atoms with Crippen molar-refractivity contribution in [3.05, 3.63) is 0 Å². The molecule has 1 rings (SSSR count). The molecule has 0 saturated carbocycles. The zero-order valence-corrected chi connectivity index (χ0v) is 9.65. The minimum absolute atomic E-state index is 0.0540. The maximum absolute atomic E-state index is 11.6. The number of hydrogen-bond donors (Lipinski definition) is 1. The van der Waals surface area contributed by atoms with Crippen molar-refractivity contribution in [3.8, 4) is 0 Å². The molecule has 1 aliphatic rings. The highest BCUT2D eigenvalue weighted by atomic mass is 16.5. The lowest BCUT2D eigenvalue weighted by molar-refractivity contribution is -0.119. The van der Waals surface area contributed by atoms with Gasteiger partial charge in [0.2, 0.25) is 6.41 Å². The first-order valence-electron chi connectivity index (χ1n) is 5.49. The highest BCUT2D eigenvalue weighted by molar-refractivity contribution is 5.74. The molecule has 6 heteroatoms. The van der Waals surface area contributed by atoms with Crippen molar-refractivity contribution < 1.29 is 14.3 Å². The largest absolute Gasteiger partial charge is 0.385 e. The summed E-state index contributed by atoms with van der Waals surface area (Å²) in [6.07, 6.45) is 1.64. The highest BCUT2D eigenvalue weighted by Crippen LogP contribution is 1.99. The summed E-state index contributed by atoms with van der Waals surface area (Å²) in [7, 11) is 1.64. The smallest absolute Gasteiger partial charge is 0.317 e. The lowest BCUT2D eigenvalue weighted by Crippen LogP contribution is -2.51. The van der Waals surface area contributed by atoms with Gasteiger partial charge in [0.25, 0.3) is 0 Å². The van der Waals surface area contributed by atoms with E-state index >= 15 is 0 Å². The van der Waals surface area contributed by atoms with E-state index in [0.29, 0.717) is 39.3 Å². The SMILES string of the molecule is COCCCNC(=O)N1CCN(C=O)CC1. The minimum atomic E-state index is -0.0540. The highest BCUT2D eigenvalue weighted by Gasteiger charge is 2.19. The van der Waals surface area contributed by atoms with Gasteiger partial charge in [0.05, 0.1) is 0 Å². The quantitative estimate of drug-likeness (QED) is 0.511. The molecule has 0 aromatic carbocycles. The summed E-state index contributed by atoms with van der Waals surface area (Å²) in [6.45, 7) is 3.73. The molecule has 1 heterocycles. The molecule has 16 heavy (non-hydrogen) atoms. The molecule has 1 saturated heterocycles. The Bertz CT molecular complexity index is 227. The predicted molar refractivity (Wildman–Crippen MR) is 59.1 cm³/mol. The van der Waals surface area contributed by atoms with E-state index in [4.69, 9.17) is 4.74 Å². The van der Waals surface area contributed by atoms with Gasteiger partial charge in [-0.3, -0.25) is 4.79 Å². The van der Waals surface area contributed by atoms with Gasteiger partial charge in [-0.25, -0.2) is 4.79 Å². The van der Waals surface area contributed by atoms with Crippen LogP contribution in [0.3, 0.4) is 0 Å². The van der Waals surface area contributed by atoms with Crippen LogP contribution in [0.4, 0.5) is 4.79 Å². The Labute approximate surface area is 95.5 Å². The molecule has 0 spiro atoms. The van der Waals surface area contributed by atoms with Gasteiger partial charge in [-0.05, 0) is 6.42 Å². The Morgan fingerprint density at radius 1 is 1.38 bits per heavy atom. The molecule has 0 radical (unpaired) electrons. The zero-order valence-electron chi connectivity index (χ0n) is 9.65. The van der Waals surface area contributed by atoms with Gasteiger partial charge in [-0.15, -0.1) is 0 Å². The van der Waals surface area contributed by atoms with Gasteiger partial charge >= 0.3 is 6.03 Å². The number of nitrogens with zero attached hydrogens (tertiary/aromatic N) is 2. The molecule has 0 atom stereocenters. The second kappa shape index (κ2) is 7.05. The van der Waals surface area contributed by atoms with Crippen LogP contribution in [-0.2, 0) is 9.53 Å². The van der Waals surface area contributed by atoms with Crippen molar-refractivity contribution in [2.75, 3.05) is 46.4 Å². The van der Waals surface area contributed by atoms with E-state index in [0.717, 1.165) is 12.8 Å².